The predicted octanol–water partition coefficient (Wildman–Crippen LogP) is 2.89. The summed E-state index contributed by atoms with van der Waals surface area (Å²) in [6.45, 7) is 9.20. The molecule has 0 spiro atoms. The largest absolute Gasteiger partial charge is 0.400 e. The second kappa shape index (κ2) is 9.27. The van der Waals surface area contributed by atoms with Gasteiger partial charge in [-0.2, -0.15) is 0 Å². The van der Waals surface area contributed by atoms with Crippen LogP contribution in [0.25, 0.3) is 5.57 Å². The van der Waals surface area contributed by atoms with Crippen molar-refractivity contribution in [2.75, 3.05) is 19.5 Å². The number of aliphatic hydroxyl groups is 1. The molecule has 0 radical (unpaired) electrons. The van der Waals surface area contributed by atoms with Gasteiger partial charge in [-0.15, -0.1) is 0 Å². The summed E-state index contributed by atoms with van der Waals surface area (Å²) in [4.78, 5) is 16.0. The van der Waals surface area contributed by atoms with Crippen LogP contribution in [0.1, 0.15) is 12.5 Å². The molecule has 1 heterocycles. The minimum atomic E-state index is -0.109. The Labute approximate surface area is 142 Å². The van der Waals surface area contributed by atoms with Crippen LogP contribution in [0.4, 0.5) is 5.69 Å². The third kappa shape index (κ3) is 4.30. The molecule has 1 aromatic carbocycles. The average Bonchev–Trinajstić information content (AvgIpc) is 2.94. The Kier molecular flexibility index (Phi) is 7.39. The van der Waals surface area contributed by atoms with Gasteiger partial charge in [-0.05, 0) is 37.4 Å². The molecule has 1 aliphatic heterocycles. The summed E-state index contributed by atoms with van der Waals surface area (Å²) in [6, 6.07) is 7.61. The van der Waals surface area contributed by atoms with Crippen LogP contribution in [0.3, 0.4) is 0 Å². The van der Waals surface area contributed by atoms with E-state index in [2.05, 4.69) is 28.9 Å². The molecular weight excluding hydrogens is 302 g/mol. The lowest BCUT2D eigenvalue weighted by Gasteiger charge is -2.05. The summed E-state index contributed by atoms with van der Waals surface area (Å²) < 4.78 is 0. The van der Waals surface area contributed by atoms with Gasteiger partial charge in [0.2, 0.25) is 0 Å². The monoisotopic (exact) mass is 325 g/mol. The van der Waals surface area contributed by atoms with Gasteiger partial charge >= 0.3 is 0 Å². The number of benzene rings is 1. The second-order valence-corrected chi connectivity index (χ2v) is 4.81. The van der Waals surface area contributed by atoms with Gasteiger partial charge in [0.1, 0.15) is 0 Å². The topological polar surface area (TPSA) is 73.7 Å². The molecule has 1 aliphatic rings. The van der Waals surface area contributed by atoms with Gasteiger partial charge in [0.05, 0.1) is 11.4 Å². The van der Waals surface area contributed by atoms with E-state index in [4.69, 9.17) is 5.11 Å². The first-order chi connectivity index (χ1) is 11.6. The number of para-hydroxylation sites is 1. The Balaban J connectivity index is 0.00000139. The molecule has 1 amide bonds. The standard InChI is InChI=1S/C18H19N3O.CH4O/c1-5-13(11-17(20-4)12(2)19-3)10-15-14-8-6-7-9-16(14)21-18(15)22;1-2/h5-11,20H,1,3H2,2,4H3,(H,21,22);2H,1H3/b13-11+,15-10?,17-12-;. The number of nitrogens with one attached hydrogen (secondary N) is 2. The quantitative estimate of drug-likeness (QED) is 0.443. The van der Waals surface area contributed by atoms with Crippen molar-refractivity contribution in [2.45, 2.75) is 6.92 Å². The van der Waals surface area contributed by atoms with Gasteiger partial charge < -0.3 is 15.7 Å². The van der Waals surface area contributed by atoms with Gasteiger partial charge in [0, 0.05) is 31.0 Å². The van der Waals surface area contributed by atoms with Crippen molar-refractivity contribution in [3.63, 3.8) is 0 Å². The van der Waals surface area contributed by atoms with Crippen molar-refractivity contribution in [3.8, 4) is 0 Å². The fraction of sp³-hybridized carbons (Fsp3) is 0.158. The van der Waals surface area contributed by atoms with E-state index in [9.17, 15) is 4.79 Å². The lowest BCUT2D eigenvalue weighted by atomic mass is 10.0. The molecule has 0 saturated carbocycles. The number of nitrogens with zero attached hydrogens (tertiary/aromatic N) is 1. The molecule has 5 nitrogen and oxygen atoms in total. The maximum Gasteiger partial charge on any atom is 0.256 e. The Morgan fingerprint density at radius 3 is 2.58 bits per heavy atom. The van der Waals surface area contributed by atoms with E-state index < -0.39 is 0 Å². The SMILES string of the molecule is C=C/C(C=C1C(=O)Nc2ccccc21)=C\C(NC)=C(/C)N=C.CO. The average molecular weight is 325 g/mol. The second-order valence-electron chi connectivity index (χ2n) is 4.81. The number of carbonyl (C=O) groups is 1. The number of aliphatic hydroxyl groups excluding tert-OH is 1. The predicted molar refractivity (Wildman–Crippen MR) is 101 cm³/mol. The van der Waals surface area contributed by atoms with E-state index in [1.165, 1.54) is 0 Å². The summed E-state index contributed by atoms with van der Waals surface area (Å²) in [7, 11) is 2.81. The lowest BCUT2D eigenvalue weighted by Crippen LogP contribution is -2.06. The van der Waals surface area contributed by atoms with Crippen LogP contribution in [0, 0.1) is 0 Å². The Morgan fingerprint density at radius 1 is 1.33 bits per heavy atom. The van der Waals surface area contributed by atoms with Crippen molar-refractivity contribution in [1.82, 2.24) is 5.32 Å². The summed E-state index contributed by atoms with van der Waals surface area (Å²) in [5, 5.41) is 12.9. The molecule has 0 saturated heterocycles. The van der Waals surface area contributed by atoms with E-state index in [0.717, 1.165) is 35.3 Å². The van der Waals surface area contributed by atoms with Crippen LogP contribution in [-0.2, 0) is 4.79 Å². The Bertz CT molecular complexity index is 728. The summed E-state index contributed by atoms with van der Waals surface area (Å²) in [6.07, 6.45) is 5.41. The molecule has 126 valence electrons. The summed E-state index contributed by atoms with van der Waals surface area (Å²) in [5.74, 6) is -0.109. The highest BCUT2D eigenvalue weighted by Crippen LogP contribution is 2.32. The van der Waals surface area contributed by atoms with Gasteiger partial charge in [0.25, 0.3) is 5.91 Å². The van der Waals surface area contributed by atoms with Crippen molar-refractivity contribution in [2.24, 2.45) is 4.99 Å². The minimum Gasteiger partial charge on any atom is -0.400 e. The number of carbonyl (C=O) groups excluding carboxylic acids is 1. The third-order valence-corrected chi connectivity index (χ3v) is 3.46. The molecule has 3 N–H and O–H groups in total. The molecular formula is C19H23N3O2. The highest BCUT2D eigenvalue weighted by Gasteiger charge is 2.23. The zero-order valence-electron chi connectivity index (χ0n) is 14.3. The number of hydrogen-bond donors (Lipinski definition) is 3. The molecule has 1 aromatic rings. The highest BCUT2D eigenvalue weighted by atomic mass is 16.2. The molecule has 0 fully saturated rings. The minimum absolute atomic E-state index is 0.109. The van der Waals surface area contributed by atoms with Crippen LogP contribution in [0.5, 0.6) is 0 Å². The van der Waals surface area contributed by atoms with Gasteiger partial charge in [0.15, 0.2) is 0 Å². The normalized spacial score (nSPS) is 15.6. The number of allylic oxidation sites excluding steroid dienone is 5. The molecule has 0 aromatic heterocycles. The number of fused-ring (bicyclic) bond motifs is 1. The first-order valence-corrected chi connectivity index (χ1v) is 7.37. The van der Waals surface area contributed by atoms with Crippen molar-refractivity contribution < 1.29 is 9.90 Å². The Hall–Kier alpha value is -2.92. The molecule has 0 atom stereocenters. The zero-order valence-corrected chi connectivity index (χ0v) is 14.3. The summed E-state index contributed by atoms with van der Waals surface area (Å²) in [5.41, 5.74) is 4.77. The van der Waals surface area contributed by atoms with E-state index in [0.29, 0.717) is 5.57 Å². The first-order valence-electron chi connectivity index (χ1n) is 7.37. The van der Waals surface area contributed by atoms with E-state index in [1.54, 1.807) is 6.08 Å². The molecule has 0 bridgehead atoms. The first kappa shape index (κ1) is 19.1. The van der Waals surface area contributed by atoms with Crippen LogP contribution in [0.2, 0.25) is 0 Å². The number of likely N-dealkylation sites (N-methyl/N-ethyl adjacent to an activating group) is 1. The van der Waals surface area contributed by atoms with Crippen LogP contribution >= 0.6 is 0 Å². The molecule has 2 rings (SSSR count). The van der Waals surface area contributed by atoms with E-state index in [-0.39, 0.29) is 5.91 Å². The van der Waals surface area contributed by atoms with E-state index in [1.807, 2.05) is 50.4 Å². The number of amides is 1. The van der Waals surface area contributed by atoms with Gasteiger partial charge in [-0.25, -0.2) is 0 Å². The van der Waals surface area contributed by atoms with Gasteiger partial charge in [-0.1, -0.05) is 30.9 Å². The maximum atomic E-state index is 12.1. The molecule has 0 unspecified atom stereocenters. The molecule has 5 heteroatoms. The zero-order chi connectivity index (χ0) is 18.1. The van der Waals surface area contributed by atoms with Crippen molar-refractivity contribution in [1.29, 1.82) is 0 Å². The van der Waals surface area contributed by atoms with Gasteiger partial charge in [-0.3, -0.25) is 9.79 Å². The Morgan fingerprint density at radius 2 is 2.00 bits per heavy atom. The maximum absolute atomic E-state index is 12.1. The number of anilines is 1. The molecule has 0 aliphatic carbocycles. The summed E-state index contributed by atoms with van der Waals surface area (Å²) >= 11 is 0. The smallest absolute Gasteiger partial charge is 0.256 e. The lowest BCUT2D eigenvalue weighted by molar-refractivity contribution is -0.110. The van der Waals surface area contributed by atoms with Crippen LogP contribution < -0.4 is 10.6 Å². The van der Waals surface area contributed by atoms with Crippen LogP contribution in [0.15, 0.2) is 71.0 Å². The fourth-order valence-corrected chi connectivity index (χ4v) is 2.22. The number of hydrogen-bond acceptors (Lipinski definition) is 4. The third-order valence-electron chi connectivity index (χ3n) is 3.46. The molecule has 24 heavy (non-hydrogen) atoms. The van der Waals surface area contributed by atoms with Crippen molar-refractivity contribution >= 4 is 23.9 Å². The van der Waals surface area contributed by atoms with Crippen molar-refractivity contribution in [3.05, 3.63) is 71.6 Å². The highest BCUT2D eigenvalue weighted by molar-refractivity contribution is 6.31. The number of aliphatic imine (C=N–C) groups is 1. The number of rotatable bonds is 5. The van der Waals surface area contributed by atoms with E-state index >= 15 is 0 Å². The fourth-order valence-electron chi connectivity index (χ4n) is 2.22. The van der Waals surface area contributed by atoms with Crippen LogP contribution in [-0.4, -0.2) is 31.9 Å².